The van der Waals surface area contributed by atoms with Crippen LogP contribution in [-0.4, -0.2) is 14.5 Å². The molecule has 18 heavy (non-hydrogen) atoms. The summed E-state index contributed by atoms with van der Waals surface area (Å²) in [5.74, 6) is 2.44. The van der Waals surface area contributed by atoms with Gasteiger partial charge in [0.25, 0.3) is 0 Å². The average molecular weight is 242 g/mol. The number of nitrogen functional groups attached to an aromatic ring is 1. The highest BCUT2D eigenvalue weighted by atomic mass is 15.1. The first-order chi connectivity index (χ1) is 8.77. The van der Waals surface area contributed by atoms with Gasteiger partial charge in [0.05, 0.1) is 0 Å². The highest BCUT2D eigenvalue weighted by Crippen LogP contribution is 2.36. The van der Waals surface area contributed by atoms with Crippen LogP contribution in [0.15, 0.2) is 24.5 Å². The monoisotopic (exact) mass is 242 g/mol. The fraction of sp³-hybridized carbons (Fsp3) is 0.429. The van der Waals surface area contributed by atoms with E-state index in [0.29, 0.717) is 5.92 Å². The van der Waals surface area contributed by atoms with E-state index < -0.39 is 0 Å². The third-order valence-corrected chi connectivity index (χ3v) is 3.83. The molecule has 3 rings (SSSR count). The molecule has 0 atom stereocenters. The van der Waals surface area contributed by atoms with E-state index in [0.717, 1.165) is 22.9 Å². The largest absolute Gasteiger partial charge is 0.383 e. The summed E-state index contributed by atoms with van der Waals surface area (Å²) < 4.78 is 2.04. The molecule has 0 bridgehead atoms. The van der Waals surface area contributed by atoms with E-state index in [9.17, 15) is 0 Å². The van der Waals surface area contributed by atoms with E-state index in [1.165, 1.54) is 25.7 Å². The Morgan fingerprint density at radius 3 is 2.78 bits per heavy atom. The van der Waals surface area contributed by atoms with Gasteiger partial charge in [-0.05, 0) is 25.0 Å². The number of hydrogen-bond donors (Lipinski definition) is 1. The lowest BCUT2D eigenvalue weighted by Gasteiger charge is -2.08. The highest BCUT2D eigenvalue weighted by molar-refractivity contribution is 5.70. The fourth-order valence-electron chi connectivity index (χ4n) is 2.79. The van der Waals surface area contributed by atoms with Gasteiger partial charge in [-0.15, -0.1) is 0 Å². The second kappa shape index (κ2) is 4.44. The predicted octanol–water partition coefficient (Wildman–Crippen LogP) is 2.72. The van der Waals surface area contributed by atoms with Crippen molar-refractivity contribution >= 4 is 5.82 Å². The molecule has 0 amide bonds. The van der Waals surface area contributed by atoms with Crippen molar-refractivity contribution in [2.24, 2.45) is 7.05 Å². The molecule has 0 unspecified atom stereocenters. The molecule has 4 nitrogen and oxygen atoms in total. The molecule has 0 radical (unpaired) electrons. The Bertz CT molecular complexity index is 538. The molecule has 0 saturated heterocycles. The van der Waals surface area contributed by atoms with E-state index in [2.05, 4.69) is 4.98 Å². The Labute approximate surface area is 107 Å². The molecule has 1 fully saturated rings. The van der Waals surface area contributed by atoms with E-state index in [4.69, 9.17) is 10.7 Å². The van der Waals surface area contributed by atoms with E-state index in [1.54, 1.807) is 6.20 Å². The first kappa shape index (κ1) is 11.3. The summed E-state index contributed by atoms with van der Waals surface area (Å²) in [6, 6.07) is 3.92. The topological polar surface area (TPSA) is 56.7 Å². The lowest BCUT2D eigenvalue weighted by atomic mass is 10.1. The summed E-state index contributed by atoms with van der Waals surface area (Å²) in [5, 5.41) is 0. The fourth-order valence-corrected chi connectivity index (χ4v) is 2.79. The van der Waals surface area contributed by atoms with Gasteiger partial charge >= 0.3 is 0 Å². The number of pyridine rings is 1. The smallest absolute Gasteiger partial charge is 0.131 e. The normalized spacial score (nSPS) is 16.3. The van der Waals surface area contributed by atoms with Gasteiger partial charge in [-0.3, -0.25) is 4.98 Å². The van der Waals surface area contributed by atoms with Crippen molar-refractivity contribution in [3.8, 4) is 11.3 Å². The number of aromatic nitrogens is 3. The van der Waals surface area contributed by atoms with E-state index in [1.807, 2.05) is 29.9 Å². The molecule has 0 aliphatic heterocycles. The summed E-state index contributed by atoms with van der Waals surface area (Å²) in [6.45, 7) is 0. The second-order valence-electron chi connectivity index (χ2n) is 4.99. The molecular formula is C14H18N4. The SMILES string of the molecule is Cn1c(C2CCCC2)nc(-c2cccnc2)c1N. The molecular weight excluding hydrogens is 224 g/mol. The quantitative estimate of drug-likeness (QED) is 0.881. The van der Waals surface area contributed by atoms with Gasteiger partial charge in [-0.1, -0.05) is 12.8 Å². The Morgan fingerprint density at radius 1 is 1.33 bits per heavy atom. The highest BCUT2D eigenvalue weighted by Gasteiger charge is 2.24. The van der Waals surface area contributed by atoms with Gasteiger partial charge in [-0.25, -0.2) is 4.98 Å². The van der Waals surface area contributed by atoms with Gasteiger partial charge in [0, 0.05) is 30.9 Å². The Morgan fingerprint density at radius 2 is 2.11 bits per heavy atom. The zero-order valence-electron chi connectivity index (χ0n) is 10.6. The number of rotatable bonds is 2. The van der Waals surface area contributed by atoms with Crippen molar-refractivity contribution in [2.45, 2.75) is 31.6 Å². The van der Waals surface area contributed by atoms with Crippen LogP contribution in [0.1, 0.15) is 37.4 Å². The molecule has 94 valence electrons. The first-order valence-corrected chi connectivity index (χ1v) is 6.50. The molecule has 0 spiro atoms. The van der Waals surface area contributed by atoms with E-state index >= 15 is 0 Å². The van der Waals surface area contributed by atoms with Gasteiger partial charge < -0.3 is 10.3 Å². The third-order valence-electron chi connectivity index (χ3n) is 3.83. The van der Waals surface area contributed by atoms with E-state index in [-0.39, 0.29) is 0 Å². The van der Waals surface area contributed by atoms with Gasteiger partial charge in [0.2, 0.25) is 0 Å². The molecule has 2 N–H and O–H groups in total. The van der Waals surface area contributed by atoms with Crippen LogP contribution < -0.4 is 5.73 Å². The summed E-state index contributed by atoms with van der Waals surface area (Å²) in [7, 11) is 2.01. The predicted molar refractivity (Wildman–Crippen MR) is 72.1 cm³/mol. The van der Waals surface area contributed by atoms with Gasteiger partial charge in [0.15, 0.2) is 0 Å². The lowest BCUT2D eigenvalue weighted by Crippen LogP contribution is -2.05. The molecule has 1 aliphatic carbocycles. The number of nitrogens with two attached hydrogens (primary N) is 1. The van der Waals surface area contributed by atoms with Crippen molar-refractivity contribution in [1.82, 2.24) is 14.5 Å². The second-order valence-corrected chi connectivity index (χ2v) is 4.99. The van der Waals surface area contributed by atoms with Crippen molar-refractivity contribution < 1.29 is 0 Å². The maximum Gasteiger partial charge on any atom is 0.131 e. The molecule has 2 aromatic heterocycles. The first-order valence-electron chi connectivity index (χ1n) is 6.50. The zero-order chi connectivity index (χ0) is 12.5. The number of anilines is 1. The number of imidazole rings is 1. The average Bonchev–Trinajstić information content (AvgIpc) is 3.01. The van der Waals surface area contributed by atoms with Crippen molar-refractivity contribution in [3.05, 3.63) is 30.4 Å². The minimum atomic E-state index is 0.572. The zero-order valence-corrected chi connectivity index (χ0v) is 10.6. The van der Waals surface area contributed by atoms with Crippen LogP contribution in [0.3, 0.4) is 0 Å². The minimum Gasteiger partial charge on any atom is -0.383 e. The van der Waals surface area contributed by atoms with Crippen LogP contribution >= 0.6 is 0 Å². The molecule has 2 heterocycles. The maximum atomic E-state index is 6.18. The summed E-state index contributed by atoms with van der Waals surface area (Å²) >= 11 is 0. The van der Waals surface area contributed by atoms with Crippen molar-refractivity contribution in [2.75, 3.05) is 5.73 Å². The Balaban J connectivity index is 2.04. The van der Waals surface area contributed by atoms with Gasteiger partial charge in [0.1, 0.15) is 17.3 Å². The molecule has 0 aromatic carbocycles. The van der Waals surface area contributed by atoms with Crippen molar-refractivity contribution in [1.29, 1.82) is 0 Å². The summed E-state index contributed by atoms with van der Waals surface area (Å²) in [5.41, 5.74) is 8.04. The van der Waals surface area contributed by atoms with Crippen LogP contribution in [0.2, 0.25) is 0 Å². The summed E-state index contributed by atoms with van der Waals surface area (Å²) in [6.07, 6.45) is 8.66. The van der Waals surface area contributed by atoms with Crippen LogP contribution in [0.4, 0.5) is 5.82 Å². The molecule has 1 aliphatic rings. The Hall–Kier alpha value is -1.84. The minimum absolute atomic E-state index is 0.572. The standard InChI is InChI=1S/C14H18N4/c1-18-13(15)12(11-7-4-8-16-9-11)17-14(18)10-5-2-3-6-10/h4,7-10H,2-3,5-6,15H2,1H3. The lowest BCUT2D eigenvalue weighted by molar-refractivity contribution is 0.635. The molecule has 2 aromatic rings. The van der Waals surface area contributed by atoms with Gasteiger partial charge in [-0.2, -0.15) is 0 Å². The van der Waals surface area contributed by atoms with Crippen molar-refractivity contribution in [3.63, 3.8) is 0 Å². The maximum absolute atomic E-state index is 6.18. The molecule has 1 saturated carbocycles. The third kappa shape index (κ3) is 1.78. The number of hydrogen-bond acceptors (Lipinski definition) is 3. The number of nitrogens with zero attached hydrogens (tertiary/aromatic N) is 3. The van der Waals surface area contributed by atoms with Crippen LogP contribution in [0.5, 0.6) is 0 Å². The Kier molecular flexibility index (Phi) is 2.78. The molecule has 4 heteroatoms. The van der Waals surface area contributed by atoms with Crippen LogP contribution in [-0.2, 0) is 7.05 Å². The van der Waals surface area contributed by atoms with Crippen LogP contribution in [0, 0.1) is 0 Å². The van der Waals surface area contributed by atoms with Crippen LogP contribution in [0.25, 0.3) is 11.3 Å². The summed E-state index contributed by atoms with van der Waals surface area (Å²) in [4.78, 5) is 8.89.